The van der Waals surface area contributed by atoms with Crippen LogP contribution in [0.4, 0.5) is 0 Å². The Kier molecular flexibility index (Phi) is 6.22. The smallest absolute Gasteiger partial charge is 0.235 e. The van der Waals surface area contributed by atoms with Crippen LogP contribution in [-0.2, 0) is 9.53 Å². The van der Waals surface area contributed by atoms with E-state index in [1.807, 2.05) is 4.90 Å². The minimum absolute atomic E-state index is 0.00482. The highest BCUT2D eigenvalue weighted by atomic mass is 16.5. The van der Waals surface area contributed by atoms with Crippen molar-refractivity contribution in [2.24, 2.45) is 5.92 Å². The summed E-state index contributed by atoms with van der Waals surface area (Å²) in [7, 11) is 1.59. The number of amides is 1. The number of carbonyl (C=O) groups is 1. The van der Waals surface area contributed by atoms with Crippen molar-refractivity contribution in [1.29, 1.82) is 5.26 Å². The Bertz CT molecular complexity index is 339. The van der Waals surface area contributed by atoms with Gasteiger partial charge in [0.15, 0.2) is 0 Å². The first kappa shape index (κ1) is 15.9. The van der Waals surface area contributed by atoms with Crippen LogP contribution in [0.1, 0.15) is 19.8 Å². The average molecular weight is 269 g/mol. The summed E-state index contributed by atoms with van der Waals surface area (Å²) in [6, 6.07) is 2.20. The summed E-state index contributed by atoms with van der Waals surface area (Å²) >= 11 is 0. The van der Waals surface area contributed by atoms with Crippen molar-refractivity contribution in [1.82, 2.24) is 10.2 Å². The predicted molar refractivity (Wildman–Crippen MR) is 70.3 cm³/mol. The van der Waals surface area contributed by atoms with E-state index in [0.29, 0.717) is 19.7 Å². The minimum Gasteiger partial charge on any atom is -0.395 e. The van der Waals surface area contributed by atoms with Gasteiger partial charge in [-0.15, -0.1) is 0 Å². The van der Waals surface area contributed by atoms with Gasteiger partial charge in [-0.05, 0) is 25.7 Å². The second-order valence-electron chi connectivity index (χ2n) is 5.13. The Morgan fingerprint density at radius 2 is 2.26 bits per heavy atom. The zero-order chi connectivity index (χ0) is 14.3. The van der Waals surface area contributed by atoms with Gasteiger partial charge in [0.25, 0.3) is 0 Å². The molecule has 1 aliphatic carbocycles. The molecule has 6 heteroatoms. The minimum atomic E-state index is -0.761. The van der Waals surface area contributed by atoms with E-state index in [-0.39, 0.29) is 25.0 Å². The van der Waals surface area contributed by atoms with E-state index in [1.54, 1.807) is 14.0 Å². The van der Waals surface area contributed by atoms with E-state index in [1.165, 1.54) is 0 Å². The van der Waals surface area contributed by atoms with Crippen molar-refractivity contribution in [2.75, 3.05) is 40.0 Å². The quantitative estimate of drug-likeness (QED) is 0.602. The fraction of sp³-hybridized carbons (Fsp3) is 0.846. The van der Waals surface area contributed by atoms with E-state index < -0.39 is 5.54 Å². The van der Waals surface area contributed by atoms with Gasteiger partial charge >= 0.3 is 0 Å². The van der Waals surface area contributed by atoms with Crippen LogP contribution in [0.3, 0.4) is 0 Å². The number of nitrogens with one attached hydrogen (secondary N) is 1. The van der Waals surface area contributed by atoms with Gasteiger partial charge in [0, 0.05) is 20.2 Å². The highest BCUT2D eigenvalue weighted by Gasteiger charge is 2.43. The average Bonchev–Trinajstić information content (AvgIpc) is 3.20. The number of ether oxygens (including phenoxy) is 1. The van der Waals surface area contributed by atoms with Gasteiger partial charge < -0.3 is 15.2 Å². The number of nitriles is 1. The number of rotatable bonds is 9. The number of methoxy groups -OCH3 is 1. The molecule has 0 bridgehead atoms. The summed E-state index contributed by atoms with van der Waals surface area (Å²) in [4.78, 5) is 13.8. The first-order valence-electron chi connectivity index (χ1n) is 6.60. The van der Waals surface area contributed by atoms with Gasteiger partial charge in [-0.2, -0.15) is 5.26 Å². The number of carbonyl (C=O) groups excluding carboxylic acids is 1. The molecule has 0 radical (unpaired) electrons. The second kappa shape index (κ2) is 7.43. The summed E-state index contributed by atoms with van der Waals surface area (Å²) in [6.45, 7) is 3.45. The van der Waals surface area contributed by atoms with Crippen molar-refractivity contribution >= 4 is 5.91 Å². The molecule has 108 valence electrons. The zero-order valence-electron chi connectivity index (χ0n) is 11.7. The molecule has 0 spiro atoms. The molecular weight excluding hydrogens is 246 g/mol. The molecular formula is C13H23N3O3. The van der Waals surface area contributed by atoms with Gasteiger partial charge in [-0.25, -0.2) is 0 Å². The van der Waals surface area contributed by atoms with Crippen molar-refractivity contribution in [3.8, 4) is 6.07 Å². The van der Waals surface area contributed by atoms with Crippen LogP contribution in [0.25, 0.3) is 0 Å². The number of aliphatic hydroxyl groups is 1. The lowest BCUT2D eigenvalue weighted by Gasteiger charge is -2.26. The van der Waals surface area contributed by atoms with Gasteiger partial charge in [0.1, 0.15) is 5.54 Å². The molecule has 1 rings (SSSR count). The normalized spacial score (nSPS) is 17.8. The second-order valence-corrected chi connectivity index (χ2v) is 5.13. The monoisotopic (exact) mass is 269 g/mol. The molecule has 0 aromatic heterocycles. The van der Waals surface area contributed by atoms with Crippen LogP contribution < -0.4 is 5.32 Å². The molecule has 0 aromatic carbocycles. The Morgan fingerprint density at radius 3 is 2.74 bits per heavy atom. The van der Waals surface area contributed by atoms with Crippen LogP contribution in [0, 0.1) is 17.2 Å². The highest BCUT2D eigenvalue weighted by Crippen LogP contribution is 2.39. The van der Waals surface area contributed by atoms with Gasteiger partial charge in [-0.1, -0.05) is 0 Å². The number of hydrogen-bond donors (Lipinski definition) is 2. The standard InChI is InChI=1S/C13H23N3O3/c1-13(10-14,11-3-4-11)15-12(18)9-16(5-7-17)6-8-19-2/h11,17H,3-9H2,1-2H3,(H,15,18). The third kappa shape index (κ3) is 5.15. The molecule has 6 nitrogen and oxygen atoms in total. The molecule has 0 aliphatic heterocycles. The molecule has 0 aromatic rings. The predicted octanol–water partition coefficient (Wildman–Crippen LogP) is -0.264. The molecule has 0 heterocycles. The van der Waals surface area contributed by atoms with Crippen molar-refractivity contribution in [3.05, 3.63) is 0 Å². The summed E-state index contributed by atoms with van der Waals surface area (Å²) in [5.41, 5.74) is -0.761. The largest absolute Gasteiger partial charge is 0.395 e. The highest BCUT2D eigenvalue weighted by molar-refractivity contribution is 5.79. The maximum absolute atomic E-state index is 12.0. The lowest BCUT2D eigenvalue weighted by atomic mass is 9.98. The Balaban J connectivity index is 2.45. The fourth-order valence-electron chi connectivity index (χ4n) is 2.05. The van der Waals surface area contributed by atoms with Gasteiger partial charge in [-0.3, -0.25) is 9.69 Å². The zero-order valence-corrected chi connectivity index (χ0v) is 11.7. The SMILES string of the molecule is COCCN(CCO)CC(=O)NC(C)(C#N)C1CC1. The first-order valence-corrected chi connectivity index (χ1v) is 6.60. The van der Waals surface area contributed by atoms with Crippen LogP contribution in [0.2, 0.25) is 0 Å². The Morgan fingerprint density at radius 1 is 1.58 bits per heavy atom. The fourth-order valence-corrected chi connectivity index (χ4v) is 2.05. The van der Waals surface area contributed by atoms with E-state index in [4.69, 9.17) is 9.84 Å². The van der Waals surface area contributed by atoms with Gasteiger partial charge in [0.2, 0.25) is 5.91 Å². The number of nitrogens with zero attached hydrogens (tertiary/aromatic N) is 2. The number of aliphatic hydroxyl groups excluding tert-OH is 1. The molecule has 1 unspecified atom stereocenters. The Labute approximate surface area is 114 Å². The van der Waals surface area contributed by atoms with Crippen LogP contribution in [0.5, 0.6) is 0 Å². The van der Waals surface area contributed by atoms with Crippen molar-refractivity contribution in [3.63, 3.8) is 0 Å². The molecule has 19 heavy (non-hydrogen) atoms. The third-order valence-electron chi connectivity index (χ3n) is 3.42. The van der Waals surface area contributed by atoms with E-state index in [0.717, 1.165) is 12.8 Å². The molecule has 1 saturated carbocycles. The summed E-state index contributed by atoms with van der Waals surface area (Å²) in [5, 5.41) is 21.0. The van der Waals surface area contributed by atoms with Crippen molar-refractivity contribution in [2.45, 2.75) is 25.3 Å². The lowest BCUT2D eigenvalue weighted by Crippen LogP contribution is -2.50. The molecule has 0 saturated heterocycles. The van der Waals surface area contributed by atoms with Crippen LogP contribution in [-0.4, -0.2) is 61.4 Å². The topological polar surface area (TPSA) is 85.6 Å². The Hall–Kier alpha value is -1.16. The van der Waals surface area contributed by atoms with Gasteiger partial charge in [0.05, 0.1) is 25.8 Å². The molecule has 1 amide bonds. The molecule has 2 N–H and O–H groups in total. The van der Waals surface area contributed by atoms with E-state index >= 15 is 0 Å². The third-order valence-corrected chi connectivity index (χ3v) is 3.42. The maximum atomic E-state index is 12.0. The first-order chi connectivity index (χ1) is 9.05. The summed E-state index contributed by atoms with van der Waals surface area (Å²) < 4.78 is 4.96. The van der Waals surface area contributed by atoms with E-state index in [2.05, 4.69) is 11.4 Å². The molecule has 1 atom stereocenters. The van der Waals surface area contributed by atoms with Crippen LogP contribution in [0.15, 0.2) is 0 Å². The van der Waals surface area contributed by atoms with Crippen LogP contribution >= 0.6 is 0 Å². The lowest BCUT2D eigenvalue weighted by molar-refractivity contribution is -0.123. The summed E-state index contributed by atoms with van der Waals surface area (Å²) in [5.74, 6) is 0.0900. The van der Waals surface area contributed by atoms with Crippen molar-refractivity contribution < 1.29 is 14.6 Å². The molecule has 1 aliphatic rings. The maximum Gasteiger partial charge on any atom is 0.235 e. The van der Waals surface area contributed by atoms with E-state index in [9.17, 15) is 10.1 Å². The summed E-state index contributed by atoms with van der Waals surface area (Å²) in [6.07, 6.45) is 1.99. The molecule has 1 fully saturated rings. The number of hydrogen-bond acceptors (Lipinski definition) is 5.